The highest BCUT2D eigenvalue weighted by Crippen LogP contribution is 2.56. The van der Waals surface area contributed by atoms with Crippen molar-refractivity contribution in [3.63, 3.8) is 0 Å². The number of hydrogen-bond acceptors (Lipinski definition) is 3. The molecule has 1 heterocycles. The molecule has 3 heteroatoms. The summed E-state index contributed by atoms with van der Waals surface area (Å²) in [7, 11) is 3.41. The number of benzene rings is 1. The molecule has 0 saturated carbocycles. The Kier molecular flexibility index (Phi) is 2.96. The highest BCUT2D eigenvalue weighted by Gasteiger charge is 2.54. The Morgan fingerprint density at radius 1 is 1.25 bits per heavy atom. The maximum Gasteiger partial charge on any atom is 0.166 e. The Bertz CT molecular complexity index is 576. The van der Waals surface area contributed by atoms with Crippen LogP contribution in [0.3, 0.4) is 0 Å². The van der Waals surface area contributed by atoms with Crippen LogP contribution in [-0.4, -0.2) is 20.3 Å². The van der Waals surface area contributed by atoms with E-state index in [-0.39, 0.29) is 11.5 Å². The zero-order chi connectivity index (χ0) is 14.5. The minimum atomic E-state index is -0.0615. The van der Waals surface area contributed by atoms with Gasteiger partial charge in [-0.2, -0.15) is 0 Å². The minimum Gasteiger partial charge on any atom is -0.497 e. The molecule has 20 heavy (non-hydrogen) atoms. The third-order valence-corrected chi connectivity index (χ3v) is 5.06. The molecule has 0 spiro atoms. The summed E-state index contributed by atoms with van der Waals surface area (Å²) < 4.78 is 17.3. The molecule has 0 fully saturated rings. The van der Waals surface area contributed by atoms with Crippen molar-refractivity contribution in [2.24, 2.45) is 5.92 Å². The fourth-order valence-corrected chi connectivity index (χ4v) is 3.67. The van der Waals surface area contributed by atoms with Crippen LogP contribution in [0.25, 0.3) is 0 Å². The van der Waals surface area contributed by atoms with E-state index in [1.807, 2.05) is 6.07 Å². The molecular formula is C17H22O3. The van der Waals surface area contributed by atoms with Crippen LogP contribution in [-0.2, 0) is 10.2 Å². The van der Waals surface area contributed by atoms with Crippen LogP contribution < -0.4 is 9.47 Å². The zero-order valence-electron chi connectivity index (χ0n) is 12.8. The van der Waals surface area contributed by atoms with Crippen LogP contribution in [0.15, 0.2) is 24.0 Å². The van der Waals surface area contributed by atoms with Crippen LogP contribution in [0.4, 0.5) is 0 Å². The molecule has 2 aliphatic rings. The van der Waals surface area contributed by atoms with Gasteiger partial charge < -0.3 is 14.2 Å². The standard InChI is InChI=1S/C17H22O3/c1-10-6-8-12(18-4)15-14(10)17(3)11(2)7-9-13(19-5)16(17)20-15/h6,8-9,11,16H,7H2,1-5H3. The van der Waals surface area contributed by atoms with Gasteiger partial charge in [-0.15, -0.1) is 0 Å². The van der Waals surface area contributed by atoms with Crippen molar-refractivity contribution < 1.29 is 14.2 Å². The second kappa shape index (κ2) is 4.44. The Hall–Kier alpha value is -1.64. The van der Waals surface area contributed by atoms with Crippen molar-refractivity contribution in [2.75, 3.05) is 14.2 Å². The average Bonchev–Trinajstić information content (AvgIpc) is 2.77. The predicted molar refractivity (Wildman–Crippen MR) is 78.4 cm³/mol. The Labute approximate surface area is 120 Å². The number of fused-ring (bicyclic) bond motifs is 3. The van der Waals surface area contributed by atoms with Crippen molar-refractivity contribution in [2.45, 2.75) is 38.7 Å². The second-order valence-corrected chi connectivity index (χ2v) is 6.02. The Balaban J connectivity index is 2.23. The lowest BCUT2D eigenvalue weighted by Crippen LogP contribution is -2.45. The summed E-state index contributed by atoms with van der Waals surface area (Å²) in [6.07, 6.45) is 3.11. The first-order chi connectivity index (χ1) is 9.53. The van der Waals surface area contributed by atoms with E-state index in [4.69, 9.17) is 14.2 Å². The van der Waals surface area contributed by atoms with Crippen molar-refractivity contribution in [1.82, 2.24) is 0 Å². The third-order valence-electron chi connectivity index (χ3n) is 5.06. The van der Waals surface area contributed by atoms with Crippen molar-refractivity contribution in [3.8, 4) is 11.5 Å². The van der Waals surface area contributed by atoms with E-state index in [9.17, 15) is 0 Å². The summed E-state index contributed by atoms with van der Waals surface area (Å²) >= 11 is 0. The first-order valence-electron chi connectivity index (χ1n) is 7.12. The molecule has 0 radical (unpaired) electrons. The average molecular weight is 274 g/mol. The lowest BCUT2D eigenvalue weighted by Gasteiger charge is -2.40. The topological polar surface area (TPSA) is 27.7 Å². The molecule has 0 N–H and O–H groups in total. The van der Waals surface area contributed by atoms with Crippen LogP contribution in [0, 0.1) is 12.8 Å². The molecule has 0 saturated heterocycles. The molecule has 3 rings (SSSR count). The maximum atomic E-state index is 6.27. The summed E-state index contributed by atoms with van der Waals surface area (Å²) in [4.78, 5) is 0. The van der Waals surface area contributed by atoms with Gasteiger partial charge in [0.25, 0.3) is 0 Å². The lowest BCUT2D eigenvalue weighted by molar-refractivity contribution is 0.0744. The normalized spacial score (nSPS) is 30.9. The fourth-order valence-electron chi connectivity index (χ4n) is 3.67. The molecule has 1 aliphatic carbocycles. The van der Waals surface area contributed by atoms with E-state index in [0.717, 1.165) is 23.7 Å². The van der Waals surface area contributed by atoms with Gasteiger partial charge in [-0.25, -0.2) is 0 Å². The maximum absolute atomic E-state index is 6.27. The van der Waals surface area contributed by atoms with Gasteiger partial charge in [0, 0.05) is 11.0 Å². The van der Waals surface area contributed by atoms with E-state index in [0.29, 0.717) is 5.92 Å². The van der Waals surface area contributed by atoms with E-state index in [2.05, 4.69) is 32.9 Å². The van der Waals surface area contributed by atoms with Gasteiger partial charge in [0.15, 0.2) is 17.6 Å². The Morgan fingerprint density at radius 2 is 2.00 bits per heavy atom. The smallest absolute Gasteiger partial charge is 0.166 e. The van der Waals surface area contributed by atoms with Gasteiger partial charge in [-0.1, -0.05) is 19.9 Å². The number of aryl methyl sites for hydroxylation is 1. The number of rotatable bonds is 2. The van der Waals surface area contributed by atoms with Crippen LogP contribution in [0.2, 0.25) is 0 Å². The number of allylic oxidation sites excluding steroid dienone is 1. The second-order valence-electron chi connectivity index (χ2n) is 6.02. The van der Waals surface area contributed by atoms with E-state index in [1.165, 1.54) is 11.1 Å². The molecule has 3 unspecified atom stereocenters. The first-order valence-corrected chi connectivity index (χ1v) is 7.12. The van der Waals surface area contributed by atoms with Gasteiger partial charge in [0.05, 0.1) is 14.2 Å². The Morgan fingerprint density at radius 3 is 2.65 bits per heavy atom. The summed E-state index contributed by atoms with van der Waals surface area (Å²) in [5, 5.41) is 0. The molecular weight excluding hydrogens is 252 g/mol. The SMILES string of the molecule is COC1=CCC(C)C2(C)c3c(C)ccc(OC)c3OC12. The molecule has 3 atom stereocenters. The van der Waals surface area contributed by atoms with Crippen LogP contribution >= 0.6 is 0 Å². The molecule has 1 aromatic rings. The molecule has 1 aromatic carbocycles. The summed E-state index contributed by atoms with van der Waals surface area (Å²) in [6, 6.07) is 4.10. The largest absolute Gasteiger partial charge is 0.497 e. The number of ether oxygens (including phenoxy) is 3. The zero-order valence-corrected chi connectivity index (χ0v) is 12.8. The fraction of sp³-hybridized carbons (Fsp3) is 0.529. The van der Waals surface area contributed by atoms with E-state index < -0.39 is 0 Å². The molecule has 0 amide bonds. The molecule has 0 bridgehead atoms. The molecule has 108 valence electrons. The van der Waals surface area contributed by atoms with E-state index in [1.54, 1.807) is 14.2 Å². The van der Waals surface area contributed by atoms with E-state index >= 15 is 0 Å². The predicted octanol–water partition coefficient (Wildman–Crippen LogP) is 3.59. The van der Waals surface area contributed by atoms with Gasteiger partial charge >= 0.3 is 0 Å². The molecule has 3 nitrogen and oxygen atoms in total. The van der Waals surface area contributed by atoms with Gasteiger partial charge in [-0.05, 0) is 37.0 Å². The van der Waals surface area contributed by atoms with Crippen molar-refractivity contribution in [3.05, 3.63) is 35.1 Å². The number of hydrogen-bond donors (Lipinski definition) is 0. The summed E-state index contributed by atoms with van der Waals surface area (Å²) in [6.45, 7) is 6.72. The molecule has 1 aliphatic heterocycles. The third kappa shape index (κ3) is 1.52. The quantitative estimate of drug-likeness (QED) is 0.825. The monoisotopic (exact) mass is 274 g/mol. The van der Waals surface area contributed by atoms with Gasteiger partial charge in [0.1, 0.15) is 5.76 Å². The molecule has 0 aromatic heterocycles. The van der Waals surface area contributed by atoms with Crippen molar-refractivity contribution in [1.29, 1.82) is 0 Å². The highest BCUT2D eigenvalue weighted by molar-refractivity contribution is 5.59. The minimum absolute atomic E-state index is 0.0544. The van der Waals surface area contributed by atoms with Crippen molar-refractivity contribution >= 4 is 0 Å². The summed E-state index contributed by atoms with van der Waals surface area (Å²) in [5.74, 6) is 3.13. The van der Waals surface area contributed by atoms with Gasteiger partial charge in [-0.3, -0.25) is 0 Å². The van der Waals surface area contributed by atoms with Gasteiger partial charge in [0.2, 0.25) is 0 Å². The first kappa shape index (κ1) is 13.3. The van der Waals surface area contributed by atoms with Crippen LogP contribution in [0.5, 0.6) is 11.5 Å². The lowest BCUT2D eigenvalue weighted by atomic mass is 9.64. The number of methoxy groups -OCH3 is 2. The summed E-state index contributed by atoms with van der Waals surface area (Å²) in [5.41, 5.74) is 2.47. The highest BCUT2D eigenvalue weighted by atomic mass is 16.6. The van der Waals surface area contributed by atoms with Crippen LogP contribution in [0.1, 0.15) is 31.4 Å².